The van der Waals surface area contributed by atoms with Crippen molar-refractivity contribution in [3.8, 4) is 0 Å². The molecule has 1 fully saturated rings. The van der Waals surface area contributed by atoms with Crippen LogP contribution in [0.15, 0.2) is 29.3 Å². The molecule has 2 N–H and O–H groups in total. The van der Waals surface area contributed by atoms with Gasteiger partial charge in [0.05, 0.1) is 6.54 Å². The van der Waals surface area contributed by atoms with Gasteiger partial charge in [0.1, 0.15) is 11.6 Å². The monoisotopic (exact) mass is 542 g/mol. The van der Waals surface area contributed by atoms with E-state index >= 15 is 0 Å². The molecular formula is C22H32ClIN6. The highest BCUT2D eigenvalue weighted by Gasteiger charge is 2.44. The minimum atomic E-state index is 0. The van der Waals surface area contributed by atoms with Crippen LogP contribution in [0.3, 0.4) is 0 Å². The van der Waals surface area contributed by atoms with Crippen LogP contribution in [0.2, 0.25) is 5.02 Å². The number of benzene rings is 1. The van der Waals surface area contributed by atoms with E-state index in [9.17, 15) is 0 Å². The number of aryl methyl sites for hydroxylation is 1. The normalized spacial score (nSPS) is 17.5. The van der Waals surface area contributed by atoms with Gasteiger partial charge in [-0.1, -0.05) is 30.2 Å². The second-order valence-electron chi connectivity index (χ2n) is 8.16. The zero-order valence-corrected chi connectivity index (χ0v) is 20.7. The van der Waals surface area contributed by atoms with E-state index in [-0.39, 0.29) is 29.4 Å². The molecule has 1 aliphatic carbocycles. The lowest BCUT2D eigenvalue weighted by Gasteiger charge is -2.16. The molecule has 0 saturated heterocycles. The van der Waals surface area contributed by atoms with Crippen LogP contribution in [0.1, 0.15) is 56.2 Å². The number of hydrogen-bond acceptors (Lipinski definition) is 3. The maximum Gasteiger partial charge on any atom is 0.191 e. The Hall–Kier alpha value is -1.35. The Morgan fingerprint density at radius 2 is 2.07 bits per heavy atom. The smallest absolute Gasteiger partial charge is 0.191 e. The van der Waals surface area contributed by atoms with Crippen molar-refractivity contribution in [3.63, 3.8) is 0 Å². The van der Waals surface area contributed by atoms with Crippen LogP contribution in [0.5, 0.6) is 0 Å². The summed E-state index contributed by atoms with van der Waals surface area (Å²) in [4.78, 5) is 4.88. The summed E-state index contributed by atoms with van der Waals surface area (Å²) in [5, 5.41) is 16.5. The van der Waals surface area contributed by atoms with Crippen LogP contribution < -0.4 is 10.6 Å². The number of fused-ring (bicyclic) bond motifs is 1. The predicted octanol–water partition coefficient (Wildman–Crippen LogP) is 4.11. The first-order valence-electron chi connectivity index (χ1n) is 10.9. The number of halogens is 2. The molecule has 0 bridgehead atoms. The third-order valence-electron chi connectivity index (χ3n) is 6.00. The second-order valence-corrected chi connectivity index (χ2v) is 8.59. The lowest BCUT2D eigenvalue weighted by molar-refractivity contribution is 0.600. The van der Waals surface area contributed by atoms with Crippen molar-refractivity contribution >= 4 is 41.5 Å². The van der Waals surface area contributed by atoms with Gasteiger partial charge in [-0.15, -0.1) is 34.2 Å². The topological polar surface area (TPSA) is 67.1 Å². The average molecular weight is 543 g/mol. The van der Waals surface area contributed by atoms with E-state index in [4.69, 9.17) is 16.6 Å². The zero-order chi connectivity index (χ0) is 20.1. The number of aliphatic imine (C=N–C) groups is 1. The van der Waals surface area contributed by atoms with Crippen LogP contribution in [0.4, 0.5) is 0 Å². The van der Waals surface area contributed by atoms with Gasteiger partial charge >= 0.3 is 0 Å². The Labute approximate surface area is 201 Å². The Bertz CT molecular complexity index is 861. The van der Waals surface area contributed by atoms with Gasteiger partial charge in [0.2, 0.25) is 0 Å². The summed E-state index contributed by atoms with van der Waals surface area (Å²) in [6, 6.07) is 8.22. The molecule has 0 atom stereocenters. The highest BCUT2D eigenvalue weighted by atomic mass is 127. The summed E-state index contributed by atoms with van der Waals surface area (Å²) < 4.78 is 2.32. The van der Waals surface area contributed by atoms with E-state index < -0.39 is 0 Å². The first kappa shape index (κ1) is 23.3. The second kappa shape index (κ2) is 10.8. The fourth-order valence-corrected chi connectivity index (χ4v) is 4.29. The van der Waals surface area contributed by atoms with E-state index in [1.807, 2.05) is 12.1 Å². The summed E-state index contributed by atoms with van der Waals surface area (Å²) in [7, 11) is 0. The van der Waals surface area contributed by atoms with Crippen molar-refractivity contribution in [2.75, 3.05) is 19.6 Å². The molecule has 1 aliphatic heterocycles. The van der Waals surface area contributed by atoms with Crippen molar-refractivity contribution in [2.45, 2.75) is 63.8 Å². The SMILES string of the molecule is CCNC(=NCC1(c2cccc(Cl)c2)CC1)NCCc1nnc2n1CCCCC2.I. The molecule has 2 aromatic rings. The summed E-state index contributed by atoms with van der Waals surface area (Å²) in [5.41, 5.74) is 1.45. The van der Waals surface area contributed by atoms with Crippen molar-refractivity contribution in [3.05, 3.63) is 46.5 Å². The van der Waals surface area contributed by atoms with Gasteiger partial charge in [0.15, 0.2) is 5.96 Å². The molecule has 30 heavy (non-hydrogen) atoms. The van der Waals surface area contributed by atoms with Crippen LogP contribution in [0, 0.1) is 0 Å². The van der Waals surface area contributed by atoms with Gasteiger partial charge in [0, 0.05) is 42.9 Å². The largest absolute Gasteiger partial charge is 0.357 e. The summed E-state index contributed by atoms with van der Waals surface area (Å²) >= 11 is 6.20. The molecule has 8 heteroatoms. The average Bonchev–Trinajstić information content (AvgIpc) is 3.48. The van der Waals surface area contributed by atoms with Gasteiger partial charge in [-0.3, -0.25) is 4.99 Å². The minimum absolute atomic E-state index is 0. The number of nitrogens with zero attached hydrogens (tertiary/aromatic N) is 4. The van der Waals surface area contributed by atoms with Crippen molar-refractivity contribution in [2.24, 2.45) is 4.99 Å². The van der Waals surface area contributed by atoms with Crippen LogP contribution in [-0.2, 0) is 24.8 Å². The molecular weight excluding hydrogens is 511 g/mol. The first-order valence-corrected chi connectivity index (χ1v) is 11.3. The third kappa shape index (κ3) is 5.66. The van der Waals surface area contributed by atoms with Crippen molar-refractivity contribution < 1.29 is 0 Å². The highest BCUT2D eigenvalue weighted by molar-refractivity contribution is 14.0. The van der Waals surface area contributed by atoms with E-state index in [1.54, 1.807) is 0 Å². The maximum absolute atomic E-state index is 6.20. The molecule has 1 aromatic carbocycles. The summed E-state index contributed by atoms with van der Waals surface area (Å²) in [6.45, 7) is 5.57. The number of aromatic nitrogens is 3. The van der Waals surface area contributed by atoms with Crippen LogP contribution in [-0.4, -0.2) is 40.4 Å². The molecule has 2 aliphatic rings. The molecule has 0 spiro atoms. The molecule has 0 radical (unpaired) electrons. The number of rotatable bonds is 7. The molecule has 1 aromatic heterocycles. The predicted molar refractivity (Wildman–Crippen MR) is 133 cm³/mol. The Kier molecular flexibility index (Phi) is 8.39. The molecule has 2 heterocycles. The third-order valence-corrected chi connectivity index (χ3v) is 6.24. The molecule has 6 nitrogen and oxygen atoms in total. The van der Waals surface area contributed by atoms with Crippen molar-refractivity contribution in [1.29, 1.82) is 0 Å². The molecule has 0 unspecified atom stereocenters. The van der Waals surface area contributed by atoms with Crippen molar-refractivity contribution in [1.82, 2.24) is 25.4 Å². The minimum Gasteiger partial charge on any atom is -0.357 e. The summed E-state index contributed by atoms with van der Waals surface area (Å²) in [6.07, 6.45) is 7.98. The first-order chi connectivity index (χ1) is 14.2. The van der Waals surface area contributed by atoms with E-state index in [1.165, 1.54) is 37.7 Å². The number of nitrogens with one attached hydrogen (secondary N) is 2. The molecule has 4 rings (SSSR count). The number of hydrogen-bond donors (Lipinski definition) is 2. The van der Waals surface area contributed by atoms with Gasteiger partial charge in [-0.2, -0.15) is 0 Å². The Morgan fingerprint density at radius 3 is 2.83 bits per heavy atom. The van der Waals surface area contributed by atoms with E-state index in [2.05, 4.69) is 44.5 Å². The fraction of sp³-hybridized carbons (Fsp3) is 0.591. The summed E-state index contributed by atoms with van der Waals surface area (Å²) in [5.74, 6) is 3.11. The fourth-order valence-electron chi connectivity index (χ4n) is 4.10. The molecule has 1 saturated carbocycles. The van der Waals surface area contributed by atoms with Crippen LogP contribution in [0.25, 0.3) is 0 Å². The quantitative estimate of drug-likeness (QED) is 0.314. The lowest BCUT2D eigenvalue weighted by atomic mass is 9.96. The van der Waals surface area contributed by atoms with Gasteiger partial charge in [0.25, 0.3) is 0 Å². The van der Waals surface area contributed by atoms with Gasteiger partial charge < -0.3 is 15.2 Å². The molecule has 0 amide bonds. The maximum atomic E-state index is 6.20. The lowest BCUT2D eigenvalue weighted by Crippen LogP contribution is -2.39. The Balaban J connectivity index is 0.00000256. The number of guanidine groups is 1. The van der Waals surface area contributed by atoms with Crippen LogP contribution >= 0.6 is 35.6 Å². The zero-order valence-electron chi connectivity index (χ0n) is 17.7. The van der Waals surface area contributed by atoms with Gasteiger partial charge in [-0.25, -0.2) is 0 Å². The highest BCUT2D eigenvalue weighted by Crippen LogP contribution is 2.48. The van der Waals surface area contributed by atoms with E-state index in [0.717, 1.165) is 61.7 Å². The molecule has 164 valence electrons. The van der Waals surface area contributed by atoms with Gasteiger partial charge in [-0.05, 0) is 50.3 Å². The standard InChI is InChI=1S/C22H31ClN6.HI/c1-2-24-21(26-16-22(11-12-22)17-7-6-8-18(23)15-17)25-13-10-20-28-27-19-9-4-3-5-14-29(19)20;/h6-8,15H,2-5,9-14,16H2,1H3,(H2,24,25,26);1H. The van der Waals surface area contributed by atoms with E-state index in [0.29, 0.717) is 0 Å². The Morgan fingerprint density at radius 1 is 1.20 bits per heavy atom.